The Bertz CT molecular complexity index is 1420. The van der Waals surface area contributed by atoms with Gasteiger partial charge in [-0.25, -0.2) is 9.78 Å². The summed E-state index contributed by atoms with van der Waals surface area (Å²) < 4.78 is 0. The van der Waals surface area contributed by atoms with E-state index < -0.39 is 54.0 Å². The lowest BCUT2D eigenvalue weighted by molar-refractivity contribution is -0.142. The summed E-state index contributed by atoms with van der Waals surface area (Å²) in [5, 5.41) is 28.1. The number of aliphatic carboxylic acids is 1. The summed E-state index contributed by atoms with van der Waals surface area (Å²) in [6, 6.07) is 2.31. The molecule has 16 nitrogen and oxygen atoms in total. The number of benzene rings is 1. The van der Waals surface area contributed by atoms with Crippen molar-refractivity contribution in [1.29, 1.82) is 0 Å². The smallest absolute Gasteiger partial charge is 0.326 e. The lowest BCUT2D eigenvalue weighted by Crippen LogP contribution is -2.58. The Hall–Kier alpha value is -4.96. The predicted octanol–water partition coefficient (Wildman–Crippen LogP) is -2.02. The molecular formula is C27H38N10O6. The maximum atomic E-state index is 13.4. The monoisotopic (exact) mass is 598 g/mol. The second-order valence-electron chi connectivity index (χ2n) is 10.1. The van der Waals surface area contributed by atoms with Crippen molar-refractivity contribution in [2.24, 2.45) is 22.2 Å². The Morgan fingerprint density at radius 1 is 0.977 bits per heavy atom. The van der Waals surface area contributed by atoms with Crippen LogP contribution < -0.4 is 33.2 Å². The third kappa shape index (κ3) is 9.54. The molecule has 0 saturated carbocycles. The summed E-state index contributed by atoms with van der Waals surface area (Å²) >= 11 is 0. The zero-order valence-corrected chi connectivity index (χ0v) is 23.6. The fourth-order valence-corrected chi connectivity index (χ4v) is 4.35. The number of hydrogen-bond acceptors (Lipinski definition) is 8. The number of para-hydroxylation sites is 1. The van der Waals surface area contributed by atoms with Gasteiger partial charge < -0.3 is 53.3 Å². The highest BCUT2D eigenvalue weighted by atomic mass is 16.4. The minimum Gasteiger partial charge on any atom is -0.480 e. The van der Waals surface area contributed by atoms with Crippen molar-refractivity contribution < 1.29 is 29.4 Å². The van der Waals surface area contributed by atoms with Crippen LogP contribution in [0.25, 0.3) is 10.9 Å². The Morgan fingerprint density at radius 2 is 1.65 bits per heavy atom. The second kappa shape index (κ2) is 15.3. The number of H-pyrrole nitrogens is 2. The predicted molar refractivity (Wildman–Crippen MR) is 157 cm³/mol. The van der Waals surface area contributed by atoms with E-state index in [0.29, 0.717) is 11.3 Å². The van der Waals surface area contributed by atoms with E-state index in [9.17, 15) is 29.4 Å². The van der Waals surface area contributed by atoms with Gasteiger partial charge in [-0.1, -0.05) is 18.2 Å². The molecule has 0 radical (unpaired) electrons. The second-order valence-corrected chi connectivity index (χ2v) is 10.1. The lowest BCUT2D eigenvalue weighted by atomic mass is 10.0. The van der Waals surface area contributed by atoms with E-state index in [1.807, 2.05) is 24.3 Å². The van der Waals surface area contributed by atoms with Crippen molar-refractivity contribution in [2.45, 2.75) is 62.9 Å². The van der Waals surface area contributed by atoms with Crippen LogP contribution >= 0.6 is 0 Å². The molecule has 0 saturated heterocycles. The zero-order valence-electron chi connectivity index (χ0n) is 23.6. The first-order valence-electron chi connectivity index (χ1n) is 13.6. The van der Waals surface area contributed by atoms with Gasteiger partial charge in [-0.2, -0.15) is 0 Å². The van der Waals surface area contributed by atoms with Gasteiger partial charge in [0, 0.05) is 48.4 Å². The molecule has 0 spiro atoms. The van der Waals surface area contributed by atoms with Gasteiger partial charge in [-0.3, -0.25) is 19.4 Å². The van der Waals surface area contributed by atoms with Crippen LogP contribution in [0.4, 0.5) is 0 Å². The molecule has 3 rings (SSSR count). The van der Waals surface area contributed by atoms with Crippen LogP contribution in [-0.4, -0.2) is 91.6 Å². The van der Waals surface area contributed by atoms with Gasteiger partial charge in [0.2, 0.25) is 17.7 Å². The summed E-state index contributed by atoms with van der Waals surface area (Å²) in [5.41, 5.74) is 18.5. The first-order valence-corrected chi connectivity index (χ1v) is 13.6. The molecule has 43 heavy (non-hydrogen) atoms. The van der Waals surface area contributed by atoms with Gasteiger partial charge in [0.05, 0.1) is 12.4 Å². The van der Waals surface area contributed by atoms with Gasteiger partial charge in [0.1, 0.15) is 24.2 Å². The Kier molecular flexibility index (Phi) is 11.6. The maximum absolute atomic E-state index is 13.4. The van der Waals surface area contributed by atoms with Gasteiger partial charge in [0.25, 0.3) is 0 Å². The molecule has 5 unspecified atom stereocenters. The molecule has 16 heteroatoms. The molecule has 0 aliphatic heterocycles. The van der Waals surface area contributed by atoms with E-state index >= 15 is 0 Å². The van der Waals surface area contributed by atoms with Crippen molar-refractivity contribution >= 4 is 40.6 Å². The number of guanidine groups is 1. The van der Waals surface area contributed by atoms with Gasteiger partial charge in [0.15, 0.2) is 5.96 Å². The third-order valence-corrected chi connectivity index (χ3v) is 6.73. The molecule has 2 heterocycles. The van der Waals surface area contributed by atoms with E-state index in [1.165, 1.54) is 19.4 Å². The highest BCUT2D eigenvalue weighted by Gasteiger charge is 2.31. The number of hydrogen-bond donors (Lipinski definition) is 10. The summed E-state index contributed by atoms with van der Waals surface area (Å²) in [5.74, 6) is -3.69. The summed E-state index contributed by atoms with van der Waals surface area (Å²) in [7, 11) is 0. The average molecular weight is 599 g/mol. The molecule has 0 aliphatic rings. The average Bonchev–Trinajstić information content (AvgIpc) is 3.63. The largest absolute Gasteiger partial charge is 0.480 e. The summed E-state index contributed by atoms with van der Waals surface area (Å²) in [6.45, 7) is 1.48. The number of nitrogens with zero attached hydrogens (tertiary/aromatic N) is 2. The number of carbonyl (C=O) groups excluding carboxylic acids is 3. The molecule has 3 amide bonds. The number of carboxylic acid groups (broad SMARTS) is 1. The van der Waals surface area contributed by atoms with Crippen LogP contribution in [0.15, 0.2) is 48.0 Å². The molecule has 0 aliphatic carbocycles. The third-order valence-electron chi connectivity index (χ3n) is 6.73. The molecule has 1 aromatic carbocycles. The number of carboxylic acids is 1. The van der Waals surface area contributed by atoms with Crippen molar-refractivity contribution in [3.05, 3.63) is 54.2 Å². The highest BCUT2D eigenvalue weighted by Crippen LogP contribution is 2.19. The van der Waals surface area contributed by atoms with E-state index in [4.69, 9.17) is 17.2 Å². The molecule has 0 bridgehead atoms. The minimum absolute atomic E-state index is 0.0184. The number of rotatable bonds is 16. The molecule has 232 valence electrons. The highest BCUT2D eigenvalue weighted by molar-refractivity contribution is 5.94. The molecular weight excluding hydrogens is 560 g/mol. The Morgan fingerprint density at radius 3 is 2.30 bits per heavy atom. The number of aromatic nitrogens is 3. The van der Waals surface area contributed by atoms with E-state index in [-0.39, 0.29) is 38.2 Å². The number of nitrogens with two attached hydrogens (primary N) is 3. The van der Waals surface area contributed by atoms with Gasteiger partial charge >= 0.3 is 5.97 Å². The topological polar surface area (TPSA) is 280 Å². The number of imidazole rings is 1. The standard InChI is InChI=1S/C27H38N10O6/c1-14(38)22(28)25(41)36-20(10-16-12-31-13-34-16)24(40)35-19(7-4-8-32-27(29)30)23(39)37-21(26(42)43)9-15-11-33-18-6-3-2-5-17(15)18/h2-3,5-6,11-14,19-22,33,38H,4,7-10,28H2,1H3,(H,31,34)(H,35,40)(H,36,41)(H,37,39)(H,42,43)(H4,29,30,32). The first-order chi connectivity index (χ1) is 20.5. The van der Waals surface area contributed by atoms with Crippen LogP contribution in [0.5, 0.6) is 0 Å². The maximum Gasteiger partial charge on any atom is 0.326 e. The number of amides is 3. The number of aromatic amines is 2. The van der Waals surface area contributed by atoms with Crippen molar-refractivity contribution in [3.63, 3.8) is 0 Å². The van der Waals surface area contributed by atoms with Crippen molar-refractivity contribution in [3.8, 4) is 0 Å². The van der Waals surface area contributed by atoms with Crippen LogP contribution in [0.3, 0.4) is 0 Å². The number of aliphatic imine (C=N–C) groups is 1. The first kappa shape index (κ1) is 32.6. The van der Waals surface area contributed by atoms with E-state index in [1.54, 1.807) is 6.20 Å². The SMILES string of the molecule is CC(O)C(N)C(=O)NC(Cc1cnc[nH]1)C(=O)NC(CCCN=C(N)N)C(=O)NC(Cc1c[nH]c2ccccc12)C(=O)O. The van der Waals surface area contributed by atoms with Crippen LogP contribution in [0, 0.1) is 0 Å². The molecule has 2 aromatic heterocycles. The number of aliphatic hydroxyl groups is 1. The van der Waals surface area contributed by atoms with Crippen LogP contribution in [0.2, 0.25) is 0 Å². The van der Waals surface area contributed by atoms with Crippen LogP contribution in [0.1, 0.15) is 31.0 Å². The molecule has 13 N–H and O–H groups in total. The van der Waals surface area contributed by atoms with Crippen molar-refractivity contribution in [1.82, 2.24) is 30.9 Å². The number of fused-ring (bicyclic) bond motifs is 1. The quantitative estimate of drug-likeness (QED) is 0.0490. The minimum atomic E-state index is -1.31. The molecule has 3 aromatic rings. The van der Waals surface area contributed by atoms with Gasteiger partial charge in [-0.05, 0) is 31.4 Å². The summed E-state index contributed by atoms with van der Waals surface area (Å²) in [4.78, 5) is 65.3. The zero-order chi connectivity index (χ0) is 31.5. The summed E-state index contributed by atoms with van der Waals surface area (Å²) in [6.07, 6.45) is 3.61. The number of carbonyl (C=O) groups is 4. The van der Waals surface area contributed by atoms with Crippen molar-refractivity contribution in [2.75, 3.05) is 6.54 Å². The normalized spacial score (nSPS) is 14.6. The lowest BCUT2D eigenvalue weighted by Gasteiger charge is -2.25. The van der Waals surface area contributed by atoms with Crippen LogP contribution in [-0.2, 0) is 32.0 Å². The fraction of sp³-hybridized carbons (Fsp3) is 0.407. The molecule has 5 atom stereocenters. The van der Waals surface area contributed by atoms with E-state index in [0.717, 1.165) is 10.9 Å². The fourth-order valence-electron chi connectivity index (χ4n) is 4.35. The Labute approximate surface area is 246 Å². The molecule has 0 fully saturated rings. The number of nitrogens with one attached hydrogen (secondary N) is 5. The Balaban J connectivity index is 1.79. The van der Waals surface area contributed by atoms with Gasteiger partial charge in [-0.15, -0.1) is 0 Å². The number of aliphatic hydroxyl groups excluding tert-OH is 1. The van der Waals surface area contributed by atoms with E-state index in [2.05, 4.69) is 35.9 Å².